The number of carbonyl (C=O) groups is 1. The van der Waals surface area contributed by atoms with E-state index in [4.69, 9.17) is 18.9 Å². The second kappa shape index (κ2) is 19.0. The summed E-state index contributed by atoms with van der Waals surface area (Å²) in [5, 5.41) is 18.8. The summed E-state index contributed by atoms with van der Waals surface area (Å²) in [6.07, 6.45) is 3.02. The summed E-state index contributed by atoms with van der Waals surface area (Å²) in [6.45, 7) is 32.8. The Morgan fingerprint density at radius 3 is 2.22 bits per heavy atom. The number of aliphatic hydroxyl groups is 1. The van der Waals surface area contributed by atoms with Gasteiger partial charge in [0.05, 0.1) is 89.3 Å². The fraction of sp³-hybridized carbons (Fsp3) is 0.921. The number of nitrogens with zero attached hydrogens (tertiary/aromatic N) is 6. The summed E-state index contributed by atoms with van der Waals surface area (Å²) in [5.41, 5.74) is -0.776. The molecule has 0 bridgehead atoms. The normalized spacial score (nSPS) is 17.7. The third kappa shape index (κ3) is 16.4. The van der Waals surface area contributed by atoms with Gasteiger partial charge in [-0.25, -0.2) is 9.58 Å². The van der Waals surface area contributed by atoms with Crippen LogP contribution in [0.4, 0.5) is 0 Å². The monoisotopic (exact) mass is 712 g/mol. The standard InChI is InChI=1S/C38H75N6O6/c1-30(2)24-44(13,14)29-41-16-17-42(23-33(41)25-45)35(5,6)27-49-36(7,8)15-19-47-26-32-22-43(40-39-32)18-20-48-38(11,12)28-50-37(9,10)21-34(46)31(3)4/h22,30-31,33,45H,15-21,23-29H2,1-14H3/q+1. The van der Waals surface area contributed by atoms with Crippen molar-refractivity contribution in [2.45, 2.75) is 137 Å². The third-order valence-electron chi connectivity index (χ3n) is 9.46. The van der Waals surface area contributed by atoms with Crippen molar-refractivity contribution >= 4 is 5.78 Å². The van der Waals surface area contributed by atoms with Gasteiger partial charge in [0.2, 0.25) is 0 Å². The number of rotatable bonds is 24. The molecule has 0 spiro atoms. The van der Waals surface area contributed by atoms with Gasteiger partial charge in [-0.15, -0.1) is 5.10 Å². The van der Waals surface area contributed by atoms with Crippen LogP contribution < -0.4 is 0 Å². The highest BCUT2D eigenvalue weighted by Crippen LogP contribution is 2.25. The maximum Gasteiger partial charge on any atom is 0.138 e. The van der Waals surface area contributed by atoms with Crippen LogP contribution in [0.3, 0.4) is 0 Å². The molecule has 0 radical (unpaired) electrons. The van der Waals surface area contributed by atoms with Gasteiger partial charge in [-0.1, -0.05) is 32.9 Å². The van der Waals surface area contributed by atoms with E-state index in [1.54, 1.807) is 4.68 Å². The van der Waals surface area contributed by atoms with E-state index >= 15 is 0 Å². The number of hydrogen-bond acceptors (Lipinski definition) is 10. The van der Waals surface area contributed by atoms with Crippen LogP contribution in [-0.2, 0) is 36.9 Å². The minimum atomic E-state index is -0.536. The molecule has 1 unspecified atom stereocenters. The van der Waals surface area contributed by atoms with Crippen LogP contribution in [0, 0.1) is 11.8 Å². The number of piperazine rings is 1. The summed E-state index contributed by atoms with van der Waals surface area (Å²) in [4.78, 5) is 17.1. The molecule has 0 amide bonds. The third-order valence-corrected chi connectivity index (χ3v) is 9.46. The van der Waals surface area contributed by atoms with Gasteiger partial charge in [-0.3, -0.25) is 9.69 Å². The van der Waals surface area contributed by atoms with Gasteiger partial charge in [0.25, 0.3) is 0 Å². The highest BCUT2D eigenvalue weighted by molar-refractivity contribution is 5.81. The predicted molar refractivity (Wildman–Crippen MR) is 199 cm³/mol. The minimum absolute atomic E-state index is 0.000307. The zero-order chi connectivity index (χ0) is 38.0. The van der Waals surface area contributed by atoms with Crippen LogP contribution in [-0.4, -0.2) is 149 Å². The molecule has 1 aliphatic heterocycles. The number of hydrogen-bond donors (Lipinski definition) is 1. The highest BCUT2D eigenvalue weighted by Gasteiger charge is 2.38. The number of quaternary nitrogens is 1. The summed E-state index contributed by atoms with van der Waals surface area (Å²) in [7, 11) is 4.57. The predicted octanol–water partition coefficient (Wildman–Crippen LogP) is 4.63. The molecule has 12 heteroatoms. The Kier molecular flexibility index (Phi) is 17.0. The molecule has 1 aromatic rings. The lowest BCUT2D eigenvalue weighted by molar-refractivity contribution is -0.904. The molecule has 12 nitrogen and oxygen atoms in total. The van der Waals surface area contributed by atoms with Crippen LogP contribution in [0.5, 0.6) is 0 Å². The van der Waals surface area contributed by atoms with E-state index in [0.717, 1.165) is 49.4 Å². The van der Waals surface area contributed by atoms with E-state index < -0.39 is 11.2 Å². The first-order valence-electron chi connectivity index (χ1n) is 18.8. The Balaban J connectivity index is 1.72. The first-order chi connectivity index (χ1) is 22.9. The number of Topliss-reactive ketones (excluding diaryl/α,β-unsaturated/α-hetero) is 1. The minimum Gasteiger partial charge on any atom is -0.395 e. The van der Waals surface area contributed by atoms with Gasteiger partial charge >= 0.3 is 0 Å². The molecule has 1 aliphatic rings. The lowest BCUT2D eigenvalue weighted by Gasteiger charge is -2.49. The zero-order valence-corrected chi connectivity index (χ0v) is 34.4. The Morgan fingerprint density at radius 2 is 1.60 bits per heavy atom. The largest absolute Gasteiger partial charge is 0.395 e. The zero-order valence-electron chi connectivity index (χ0n) is 34.4. The Hall–Kier alpha value is -1.51. The van der Waals surface area contributed by atoms with Gasteiger partial charge in [0, 0.05) is 50.0 Å². The van der Waals surface area contributed by atoms with Crippen molar-refractivity contribution in [2.75, 3.05) is 80.0 Å². The molecular weight excluding hydrogens is 636 g/mol. The molecule has 50 heavy (non-hydrogen) atoms. The van der Waals surface area contributed by atoms with E-state index in [2.05, 4.69) is 75.7 Å². The van der Waals surface area contributed by atoms with Gasteiger partial charge in [0.15, 0.2) is 0 Å². The van der Waals surface area contributed by atoms with Crippen molar-refractivity contribution in [3.63, 3.8) is 0 Å². The summed E-state index contributed by atoms with van der Waals surface area (Å²) < 4.78 is 27.3. The van der Waals surface area contributed by atoms with Crippen LogP contribution in [0.2, 0.25) is 0 Å². The van der Waals surface area contributed by atoms with Crippen LogP contribution >= 0.6 is 0 Å². The molecule has 1 fully saturated rings. The lowest BCUT2D eigenvalue weighted by atomic mass is 9.95. The van der Waals surface area contributed by atoms with E-state index in [9.17, 15) is 9.90 Å². The number of ether oxygens (including phenoxy) is 4. The van der Waals surface area contributed by atoms with Crippen LogP contribution in [0.15, 0.2) is 6.20 Å². The van der Waals surface area contributed by atoms with Gasteiger partial charge < -0.3 is 28.5 Å². The first-order valence-corrected chi connectivity index (χ1v) is 18.8. The van der Waals surface area contributed by atoms with Gasteiger partial charge in [-0.2, -0.15) is 0 Å². The average molecular weight is 712 g/mol. The van der Waals surface area contributed by atoms with Crippen molar-refractivity contribution in [1.29, 1.82) is 0 Å². The number of aromatic nitrogens is 3. The van der Waals surface area contributed by atoms with Crippen molar-refractivity contribution in [3.8, 4) is 0 Å². The molecule has 2 rings (SSSR count). The Labute approximate surface area is 304 Å². The number of aliphatic hydroxyl groups excluding tert-OH is 1. The Bertz CT molecular complexity index is 1150. The van der Waals surface area contributed by atoms with E-state index in [1.807, 2.05) is 47.7 Å². The van der Waals surface area contributed by atoms with E-state index in [-0.39, 0.29) is 35.5 Å². The summed E-state index contributed by atoms with van der Waals surface area (Å²) in [6, 6.07) is 0.122. The van der Waals surface area contributed by atoms with Crippen molar-refractivity contribution in [1.82, 2.24) is 24.8 Å². The number of carbonyl (C=O) groups excluding carboxylic acids is 1. The SMILES string of the molecule is CC(C)C[N+](C)(C)CN1CCN(C(C)(C)COC(C)(C)CCOCc2cn(CCOC(C)(C)COC(C)(C)CC(=O)C(C)C)nn2)CC1CO. The molecule has 1 saturated heterocycles. The average Bonchev–Trinajstić information content (AvgIpc) is 3.44. The molecule has 1 atom stereocenters. The molecule has 1 aromatic heterocycles. The molecule has 0 aromatic carbocycles. The fourth-order valence-electron chi connectivity index (χ4n) is 6.39. The molecule has 2 heterocycles. The fourth-order valence-corrected chi connectivity index (χ4v) is 6.39. The molecule has 0 aliphatic carbocycles. The quantitative estimate of drug-likeness (QED) is 0.120. The van der Waals surface area contributed by atoms with Gasteiger partial charge in [-0.05, 0) is 61.8 Å². The molecular formula is C38H75N6O6+. The van der Waals surface area contributed by atoms with Crippen LogP contribution in [0.25, 0.3) is 0 Å². The van der Waals surface area contributed by atoms with Crippen molar-refractivity contribution in [2.24, 2.45) is 11.8 Å². The highest BCUT2D eigenvalue weighted by atomic mass is 16.6. The Morgan fingerprint density at radius 1 is 0.940 bits per heavy atom. The molecule has 292 valence electrons. The first kappa shape index (κ1) is 44.7. The van der Waals surface area contributed by atoms with Gasteiger partial charge in [0.1, 0.15) is 18.1 Å². The smallest absolute Gasteiger partial charge is 0.138 e. The second-order valence-electron chi connectivity index (χ2n) is 18.3. The summed E-state index contributed by atoms with van der Waals surface area (Å²) >= 11 is 0. The maximum absolute atomic E-state index is 12.2. The van der Waals surface area contributed by atoms with E-state index in [1.165, 1.54) is 0 Å². The topological polar surface area (TPSA) is 111 Å². The maximum atomic E-state index is 12.2. The molecule has 0 saturated carbocycles. The van der Waals surface area contributed by atoms with Crippen LogP contribution in [0.1, 0.15) is 102 Å². The summed E-state index contributed by atoms with van der Waals surface area (Å²) in [5.74, 6) is 0.833. The van der Waals surface area contributed by atoms with Crippen molar-refractivity contribution < 1.29 is 33.3 Å². The molecule has 1 N–H and O–H groups in total. The van der Waals surface area contributed by atoms with Crippen molar-refractivity contribution in [3.05, 3.63) is 11.9 Å². The lowest BCUT2D eigenvalue weighted by Crippen LogP contribution is -2.64. The number of ketones is 1. The van der Waals surface area contributed by atoms with E-state index in [0.29, 0.717) is 51.9 Å². The second-order valence-corrected chi connectivity index (χ2v) is 18.3.